The molecule has 0 saturated heterocycles. The van der Waals surface area contributed by atoms with Crippen molar-refractivity contribution in [1.82, 2.24) is 4.98 Å². The standard InChI is InChI=1S/C20H13Cl4N3O2S/c1-11-6-15(16(9-25)12-2-4-13(21)5-3-12)17(22)8-19(11)27-30(28,29)14-7-18(23)20(24)26-10-14/h2-8,10,16,27H,1H3. The van der Waals surface area contributed by atoms with E-state index in [9.17, 15) is 13.7 Å². The first kappa shape index (κ1) is 22.7. The molecule has 0 spiro atoms. The van der Waals surface area contributed by atoms with Crippen LogP contribution < -0.4 is 4.72 Å². The highest BCUT2D eigenvalue weighted by Crippen LogP contribution is 2.35. The number of rotatable bonds is 5. The summed E-state index contributed by atoms with van der Waals surface area (Å²) < 4.78 is 27.9. The maximum Gasteiger partial charge on any atom is 0.263 e. The molecule has 1 N–H and O–H groups in total. The first-order valence-electron chi connectivity index (χ1n) is 8.41. The van der Waals surface area contributed by atoms with Crippen LogP contribution in [0.15, 0.2) is 53.6 Å². The van der Waals surface area contributed by atoms with Gasteiger partial charge in [0.05, 0.1) is 22.7 Å². The van der Waals surface area contributed by atoms with E-state index in [1.54, 1.807) is 37.3 Å². The number of halogens is 4. The highest BCUT2D eigenvalue weighted by molar-refractivity contribution is 7.92. The van der Waals surface area contributed by atoms with Crippen molar-refractivity contribution in [2.45, 2.75) is 17.7 Å². The van der Waals surface area contributed by atoms with Crippen LogP contribution in [0.4, 0.5) is 5.69 Å². The number of sulfonamides is 1. The van der Waals surface area contributed by atoms with Crippen molar-refractivity contribution in [3.8, 4) is 6.07 Å². The summed E-state index contributed by atoms with van der Waals surface area (Å²) in [6.07, 6.45) is 1.11. The average Bonchev–Trinajstić information content (AvgIpc) is 2.69. The van der Waals surface area contributed by atoms with E-state index in [0.29, 0.717) is 16.1 Å². The summed E-state index contributed by atoms with van der Waals surface area (Å²) in [5.74, 6) is -0.640. The van der Waals surface area contributed by atoms with E-state index in [4.69, 9.17) is 46.4 Å². The third-order valence-electron chi connectivity index (χ3n) is 4.31. The van der Waals surface area contributed by atoms with Crippen LogP contribution >= 0.6 is 46.4 Å². The van der Waals surface area contributed by atoms with Gasteiger partial charge in [-0.05, 0) is 47.9 Å². The molecule has 3 rings (SSSR count). The fourth-order valence-electron chi connectivity index (χ4n) is 2.77. The van der Waals surface area contributed by atoms with Crippen LogP contribution in [0.3, 0.4) is 0 Å². The molecule has 5 nitrogen and oxygen atoms in total. The van der Waals surface area contributed by atoms with E-state index >= 15 is 0 Å². The zero-order chi connectivity index (χ0) is 22.1. The van der Waals surface area contributed by atoms with E-state index in [0.717, 1.165) is 11.8 Å². The highest BCUT2D eigenvalue weighted by Gasteiger charge is 2.21. The molecular weight excluding hydrogens is 488 g/mol. The zero-order valence-corrected chi connectivity index (χ0v) is 19.2. The minimum Gasteiger partial charge on any atom is -0.279 e. The van der Waals surface area contributed by atoms with Gasteiger partial charge in [-0.1, -0.05) is 64.6 Å². The smallest absolute Gasteiger partial charge is 0.263 e. The second kappa shape index (κ2) is 9.01. The Morgan fingerprint density at radius 2 is 1.70 bits per heavy atom. The molecular formula is C20H13Cl4N3O2S. The summed E-state index contributed by atoms with van der Waals surface area (Å²) in [6.45, 7) is 1.71. The van der Waals surface area contributed by atoms with Gasteiger partial charge in [-0.15, -0.1) is 0 Å². The number of hydrogen-bond acceptors (Lipinski definition) is 4. The van der Waals surface area contributed by atoms with E-state index in [1.807, 2.05) is 0 Å². The first-order chi connectivity index (χ1) is 14.1. The summed E-state index contributed by atoms with van der Waals surface area (Å²) in [6, 6.07) is 13.4. The largest absolute Gasteiger partial charge is 0.279 e. The molecule has 1 heterocycles. The van der Waals surface area contributed by atoms with Gasteiger partial charge in [0.2, 0.25) is 0 Å². The number of nitriles is 1. The van der Waals surface area contributed by atoms with Gasteiger partial charge in [-0.3, -0.25) is 4.72 Å². The van der Waals surface area contributed by atoms with Gasteiger partial charge >= 0.3 is 0 Å². The summed E-state index contributed by atoms with van der Waals surface area (Å²) >= 11 is 24.0. The van der Waals surface area contributed by atoms with Crippen molar-refractivity contribution < 1.29 is 8.42 Å². The monoisotopic (exact) mass is 499 g/mol. The number of benzene rings is 2. The van der Waals surface area contributed by atoms with Crippen LogP contribution in [0.1, 0.15) is 22.6 Å². The predicted molar refractivity (Wildman–Crippen MR) is 120 cm³/mol. The highest BCUT2D eigenvalue weighted by atomic mass is 35.5. The molecule has 0 radical (unpaired) electrons. The molecule has 154 valence electrons. The summed E-state index contributed by atoms with van der Waals surface area (Å²) in [5.41, 5.74) is 2.12. The van der Waals surface area contributed by atoms with Gasteiger partial charge in [0.1, 0.15) is 10.0 Å². The van der Waals surface area contributed by atoms with Gasteiger partial charge < -0.3 is 0 Å². The van der Waals surface area contributed by atoms with Gasteiger partial charge in [0.15, 0.2) is 0 Å². The zero-order valence-electron chi connectivity index (χ0n) is 15.3. The van der Waals surface area contributed by atoms with Crippen LogP contribution in [0.25, 0.3) is 0 Å². The van der Waals surface area contributed by atoms with E-state index in [-0.39, 0.29) is 25.8 Å². The lowest BCUT2D eigenvalue weighted by molar-refractivity contribution is 0.601. The predicted octanol–water partition coefficient (Wildman–Crippen LogP) is 6.46. The fourth-order valence-corrected chi connectivity index (χ4v) is 4.59. The van der Waals surface area contributed by atoms with Crippen molar-refractivity contribution >= 4 is 62.1 Å². The third kappa shape index (κ3) is 4.83. The fraction of sp³-hybridized carbons (Fsp3) is 0.100. The van der Waals surface area contributed by atoms with Crippen molar-refractivity contribution in [1.29, 1.82) is 5.26 Å². The van der Waals surface area contributed by atoms with Gasteiger partial charge in [-0.2, -0.15) is 5.26 Å². The van der Waals surface area contributed by atoms with Crippen molar-refractivity contribution in [3.63, 3.8) is 0 Å². The van der Waals surface area contributed by atoms with Crippen LogP contribution in [0.2, 0.25) is 20.2 Å². The molecule has 0 bridgehead atoms. The van der Waals surface area contributed by atoms with Gasteiger partial charge in [-0.25, -0.2) is 13.4 Å². The topological polar surface area (TPSA) is 82.9 Å². The molecule has 1 atom stereocenters. The quantitative estimate of drug-likeness (QED) is 0.407. The number of aryl methyl sites for hydroxylation is 1. The summed E-state index contributed by atoms with van der Waals surface area (Å²) in [7, 11) is -3.98. The molecule has 0 fully saturated rings. The number of aromatic nitrogens is 1. The van der Waals surface area contributed by atoms with Crippen LogP contribution in [0.5, 0.6) is 0 Å². The summed E-state index contributed by atoms with van der Waals surface area (Å²) in [4.78, 5) is 3.61. The molecule has 0 amide bonds. The van der Waals surface area contributed by atoms with E-state index < -0.39 is 15.9 Å². The van der Waals surface area contributed by atoms with Crippen molar-refractivity contribution in [2.24, 2.45) is 0 Å². The Morgan fingerprint density at radius 3 is 2.30 bits per heavy atom. The van der Waals surface area contributed by atoms with Crippen LogP contribution in [0, 0.1) is 18.3 Å². The Balaban J connectivity index is 1.97. The SMILES string of the molecule is Cc1cc(C(C#N)c2ccc(Cl)cc2)c(Cl)cc1NS(=O)(=O)c1cnc(Cl)c(Cl)c1. The van der Waals surface area contributed by atoms with E-state index in [1.165, 1.54) is 12.1 Å². The van der Waals surface area contributed by atoms with Gasteiger partial charge in [0.25, 0.3) is 10.0 Å². The van der Waals surface area contributed by atoms with Gasteiger partial charge in [0, 0.05) is 16.2 Å². The minimum atomic E-state index is -3.98. The Hall–Kier alpha value is -2.01. The second-order valence-electron chi connectivity index (χ2n) is 6.35. The summed E-state index contributed by atoms with van der Waals surface area (Å²) in [5, 5.41) is 10.5. The molecule has 1 unspecified atom stereocenters. The molecule has 30 heavy (non-hydrogen) atoms. The van der Waals surface area contributed by atoms with Crippen LogP contribution in [-0.4, -0.2) is 13.4 Å². The number of nitrogens with one attached hydrogen (secondary N) is 1. The van der Waals surface area contributed by atoms with Crippen molar-refractivity contribution in [3.05, 3.63) is 85.6 Å². The average molecular weight is 501 g/mol. The van der Waals surface area contributed by atoms with E-state index in [2.05, 4.69) is 15.8 Å². The maximum absolute atomic E-state index is 12.7. The van der Waals surface area contributed by atoms with Crippen LogP contribution in [-0.2, 0) is 10.0 Å². The molecule has 10 heteroatoms. The number of anilines is 1. The molecule has 0 aliphatic heterocycles. The lowest BCUT2D eigenvalue weighted by atomic mass is 9.91. The van der Waals surface area contributed by atoms with Crippen molar-refractivity contribution in [2.75, 3.05) is 4.72 Å². The second-order valence-corrected chi connectivity index (χ2v) is 9.64. The normalized spacial score (nSPS) is 12.3. The molecule has 2 aromatic carbocycles. The Bertz CT molecular complexity index is 1260. The Kier molecular flexibility index (Phi) is 6.81. The maximum atomic E-state index is 12.7. The lowest BCUT2D eigenvalue weighted by Gasteiger charge is -2.17. The Morgan fingerprint density at radius 1 is 1.03 bits per heavy atom. The lowest BCUT2D eigenvalue weighted by Crippen LogP contribution is -2.14. The molecule has 0 aliphatic rings. The minimum absolute atomic E-state index is 0.00365. The molecule has 0 saturated carbocycles. The number of pyridine rings is 1. The first-order valence-corrected chi connectivity index (χ1v) is 11.4. The number of nitrogens with zero attached hydrogens (tertiary/aromatic N) is 2. The Labute approximate surface area is 194 Å². The molecule has 3 aromatic rings. The molecule has 1 aromatic heterocycles. The number of hydrogen-bond donors (Lipinski definition) is 1. The molecule has 0 aliphatic carbocycles. The third-order valence-corrected chi connectivity index (χ3v) is 6.91.